The molecule has 2 aliphatic rings. The fourth-order valence-electron chi connectivity index (χ4n) is 3.63. The molecule has 0 unspecified atom stereocenters. The summed E-state index contributed by atoms with van der Waals surface area (Å²) in [5.41, 5.74) is 2.20. The number of rotatable bonds is 2. The first kappa shape index (κ1) is 14.0. The third kappa shape index (κ3) is 3.01. The summed E-state index contributed by atoms with van der Waals surface area (Å²) < 4.78 is 0. The molecule has 1 aromatic heterocycles. The molecule has 0 aliphatic carbocycles. The lowest BCUT2D eigenvalue weighted by molar-refractivity contribution is 0.142. The summed E-state index contributed by atoms with van der Waals surface area (Å²) in [6, 6.07) is 2.84. The number of hydrogen-bond donors (Lipinski definition) is 0. The molecule has 0 spiro atoms. The number of aryl methyl sites for hydroxylation is 2. The standard InChI is InChI=1S/C16H26N4/c1-12-10-13(2)18-16(17-12)14-4-9-20(11-14)15-5-7-19(3)8-6-15/h10,14-15H,4-9,11H2,1-3H3/t14-/m0/s1. The normalized spacial score (nSPS) is 26.2. The van der Waals surface area contributed by atoms with Crippen LogP contribution in [0.2, 0.25) is 0 Å². The molecule has 0 aromatic carbocycles. The minimum Gasteiger partial charge on any atom is -0.306 e. The monoisotopic (exact) mass is 274 g/mol. The molecule has 2 fully saturated rings. The van der Waals surface area contributed by atoms with Gasteiger partial charge in [-0.2, -0.15) is 0 Å². The van der Waals surface area contributed by atoms with Gasteiger partial charge in [-0.15, -0.1) is 0 Å². The van der Waals surface area contributed by atoms with Crippen LogP contribution in [0.25, 0.3) is 0 Å². The van der Waals surface area contributed by atoms with Crippen molar-refractivity contribution >= 4 is 0 Å². The van der Waals surface area contributed by atoms with Crippen LogP contribution in [-0.2, 0) is 0 Å². The Morgan fingerprint density at radius 3 is 2.30 bits per heavy atom. The number of hydrogen-bond acceptors (Lipinski definition) is 4. The first-order valence-electron chi connectivity index (χ1n) is 7.86. The van der Waals surface area contributed by atoms with Gasteiger partial charge in [0.15, 0.2) is 0 Å². The zero-order chi connectivity index (χ0) is 14.1. The highest BCUT2D eigenvalue weighted by atomic mass is 15.2. The maximum atomic E-state index is 4.66. The topological polar surface area (TPSA) is 32.3 Å². The van der Waals surface area contributed by atoms with E-state index in [2.05, 4.69) is 46.7 Å². The molecule has 0 bridgehead atoms. The van der Waals surface area contributed by atoms with Gasteiger partial charge in [0.05, 0.1) is 0 Å². The van der Waals surface area contributed by atoms with Crippen LogP contribution in [-0.4, -0.2) is 59.0 Å². The number of piperidine rings is 1. The molecule has 3 rings (SSSR count). The van der Waals surface area contributed by atoms with E-state index in [1.54, 1.807) is 0 Å². The lowest BCUT2D eigenvalue weighted by atomic mass is 10.0. The van der Waals surface area contributed by atoms with Crippen molar-refractivity contribution < 1.29 is 0 Å². The van der Waals surface area contributed by atoms with Gasteiger partial charge < -0.3 is 4.90 Å². The van der Waals surface area contributed by atoms with Crippen LogP contribution in [0.1, 0.15) is 42.4 Å². The predicted octanol–water partition coefficient (Wildman–Crippen LogP) is 1.98. The molecule has 4 nitrogen and oxygen atoms in total. The van der Waals surface area contributed by atoms with E-state index in [0.717, 1.165) is 29.8 Å². The van der Waals surface area contributed by atoms with E-state index in [0.29, 0.717) is 5.92 Å². The minimum atomic E-state index is 0.535. The molecule has 1 aromatic rings. The Balaban J connectivity index is 1.64. The Morgan fingerprint density at radius 2 is 1.65 bits per heavy atom. The maximum absolute atomic E-state index is 4.66. The molecule has 0 amide bonds. The minimum absolute atomic E-state index is 0.535. The average molecular weight is 274 g/mol. The highest BCUT2D eigenvalue weighted by Crippen LogP contribution is 2.29. The third-order valence-electron chi connectivity index (χ3n) is 4.79. The lowest BCUT2D eigenvalue weighted by Crippen LogP contribution is -2.42. The van der Waals surface area contributed by atoms with Crippen molar-refractivity contribution in [2.45, 2.75) is 45.1 Å². The summed E-state index contributed by atoms with van der Waals surface area (Å²) in [4.78, 5) is 14.4. The van der Waals surface area contributed by atoms with E-state index in [4.69, 9.17) is 0 Å². The smallest absolute Gasteiger partial charge is 0.133 e. The van der Waals surface area contributed by atoms with Crippen molar-refractivity contribution in [3.63, 3.8) is 0 Å². The fraction of sp³-hybridized carbons (Fsp3) is 0.750. The predicted molar refractivity (Wildman–Crippen MR) is 81.0 cm³/mol. The SMILES string of the molecule is Cc1cc(C)nc([C@H]2CCN(C3CCN(C)CC3)C2)n1. The third-order valence-corrected chi connectivity index (χ3v) is 4.79. The first-order chi connectivity index (χ1) is 9.61. The van der Waals surface area contributed by atoms with Crippen LogP contribution in [0.4, 0.5) is 0 Å². The second kappa shape index (κ2) is 5.78. The molecule has 0 radical (unpaired) electrons. The van der Waals surface area contributed by atoms with Crippen LogP contribution < -0.4 is 0 Å². The molecule has 0 saturated carbocycles. The maximum Gasteiger partial charge on any atom is 0.133 e. The van der Waals surface area contributed by atoms with Gasteiger partial charge in [-0.1, -0.05) is 0 Å². The quantitative estimate of drug-likeness (QED) is 0.825. The summed E-state index contributed by atoms with van der Waals surface area (Å²) in [7, 11) is 2.23. The van der Waals surface area contributed by atoms with Gasteiger partial charge in [-0.25, -0.2) is 9.97 Å². The fourth-order valence-corrected chi connectivity index (χ4v) is 3.63. The van der Waals surface area contributed by atoms with Gasteiger partial charge in [0.1, 0.15) is 5.82 Å². The van der Waals surface area contributed by atoms with Gasteiger partial charge in [0.25, 0.3) is 0 Å². The largest absolute Gasteiger partial charge is 0.306 e. The van der Waals surface area contributed by atoms with Crippen LogP contribution in [0, 0.1) is 13.8 Å². The highest BCUT2D eigenvalue weighted by Gasteiger charge is 2.32. The van der Waals surface area contributed by atoms with Crippen LogP contribution >= 0.6 is 0 Å². The number of likely N-dealkylation sites (tertiary alicyclic amines) is 2. The Labute approximate surface area is 122 Å². The van der Waals surface area contributed by atoms with Crippen LogP contribution in [0.15, 0.2) is 6.07 Å². The van der Waals surface area contributed by atoms with Crippen molar-refractivity contribution in [2.75, 3.05) is 33.2 Å². The summed E-state index contributed by atoms with van der Waals surface area (Å²) >= 11 is 0. The van der Waals surface area contributed by atoms with E-state index in [1.165, 1.54) is 38.9 Å². The second-order valence-electron chi connectivity index (χ2n) is 6.52. The van der Waals surface area contributed by atoms with Crippen molar-refractivity contribution in [1.29, 1.82) is 0 Å². The van der Waals surface area contributed by atoms with Crippen molar-refractivity contribution in [3.8, 4) is 0 Å². The van der Waals surface area contributed by atoms with Crippen molar-refractivity contribution in [2.24, 2.45) is 0 Å². The molecule has 0 N–H and O–H groups in total. The Hall–Kier alpha value is -1.00. The van der Waals surface area contributed by atoms with Gasteiger partial charge in [-0.05, 0) is 65.9 Å². The summed E-state index contributed by atoms with van der Waals surface area (Å²) in [5.74, 6) is 1.60. The van der Waals surface area contributed by atoms with Crippen molar-refractivity contribution in [3.05, 3.63) is 23.3 Å². The lowest BCUT2D eigenvalue weighted by Gasteiger charge is -2.35. The molecular weight excluding hydrogens is 248 g/mol. The molecule has 4 heteroatoms. The number of nitrogens with zero attached hydrogens (tertiary/aromatic N) is 4. The highest BCUT2D eigenvalue weighted by molar-refractivity contribution is 5.12. The van der Waals surface area contributed by atoms with Gasteiger partial charge in [-0.3, -0.25) is 4.90 Å². The Morgan fingerprint density at radius 1 is 1.00 bits per heavy atom. The molecule has 2 aliphatic heterocycles. The summed E-state index contributed by atoms with van der Waals surface area (Å²) in [5, 5.41) is 0. The molecule has 20 heavy (non-hydrogen) atoms. The number of aromatic nitrogens is 2. The Bertz CT molecular complexity index is 445. The van der Waals surface area contributed by atoms with Gasteiger partial charge >= 0.3 is 0 Å². The van der Waals surface area contributed by atoms with E-state index in [1.807, 2.05) is 0 Å². The van der Waals surface area contributed by atoms with E-state index >= 15 is 0 Å². The summed E-state index contributed by atoms with van der Waals surface area (Å²) in [6.45, 7) is 8.99. The zero-order valence-electron chi connectivity index (χ0n) is 13.0. The van der Waals surface area contributed by atoms with Crippen molar-refractivity contribution in [1.82, 2.24) is 19.8 Å². The summed E-state index contributed by atoms with van der Waals surface area (Å²) in [6.07, 6.45) is 3.85. The molecule has 1 atom stereocenters. The van der Waals surface area contributed by atoms with E-state index in [-0.39, 0.29) is 0 Å². The van der Waals surface area contributed by atoms with E-state index in [9.17, 15) is 0 Å². The molecular formula is C16H26N4. The van der Waals surface area contributed by atoms with Gasteiger partial charge in [0.2, 0.25) is 0 Å². The molecule has 110 valence electrons. The Kier molecular flexibility index (Phi) is 4.03. The second-order valence-corrected chi connectivity index (χ2v) is 6.52. The molecule has 2 saturated heterocycles. The molecule has 3 heterocycles. The van der Waals surface area contributed by atoms with Gasteiger partial charge in [0, 0.05) is 29.9 Å². The van der Waals surface area contributed by atoms with Crippen LogP contribution in [0.3, 0.4) is 0 Å². The van der Waals surface area contributed by atoms with E-state index < -0.39 is 0 Å². The zero-order valence-corrected chi connectivity index (χ0v) is 13.0. The average Bonchev–Trinajstić information content (AvgIpc) is 2.88. The van der Waals surface area contributed by atoms with Crippen LogP contribution in [0.5, 0.6) is 0 Å². The first-order valence-corrected chi connectivity index (χ1v) is 7.86.